The quantitative estimate of drug-likeness (QED) is 0.888. The van der Waals surface area contributed by atoms with Gasteiger partial charge in [0.2, 0.25) is 11.8 Å². The third-order valence-electron chi connectivity index (χ3n) is 4.41. The first-order valence-electron chi connectivity index (χ1n) is 7.54. The van der Waals surface area contributed by atoms with Crippen molar-refractivity contribution >= 4 is 21.8 Å². The van der Waals surface area contributed by atoms with E-state index in [2.05, 4.69) is 31.4 Å². The number of carbonyl (C=O) groups is 1. The summed E-state index contributed by atoms with van der Waals surface area (Å²) in [5.41, 5.74) is 0.692. The van der Waals surface area contributed by atoms with Gasteiger partial charge in [-0.25, -0.2) is 0 Å². The largest absolute Gasteiger partial charge is 0.346 e. The Morgan fingerprint density at radius 1 is 1.32 bits per heavy atom. The molecule has 114 valence electrons. The van der Waals surface area contributed by atoms with Crippen LogP contribution in [0.4, 0.5) is 0 Å². The second-order valence-corrected chi connectivity index (χ2v) is 7.01. The van der Waals surface area contributed by atoms with Crippen LogP contribution in [-0.2, 0) is 16.8 Å². The molecule has 0 aliphatic heterocycles. The van der Waals surface area contributed by atoms with E-state index in [4.69, 9.17) is 4.52 Å². The summed E-state index contributed by atoms with van der Waals surface area (Å²) in [6, 6.07) is 7.97. The Labute approximate surface area is 136 Å². The molecule has 0 unspecified atom stereocenters. The Bertz CT molecular complexity index is 702. The average Bonchev–Trinajstić information content (AvgIpc) is 3.45. The zero-order chi connectivity index (χ0) is 15.2. The number of aromatic nitrogens is 2. The summed E-state index contributed by atoms with van der Waals surface area (Å²) in [5, 5.41) is 6.90. The van der Waals surface area contributed by atoms with Gasteiger partial charge in [0.05, 0.1) is 12.0 Å². The molecule has 1 aromatic heterocycles. The van der Waals surface area contributed by atoms with Gasteiger partial charge in [-0.15, -0.1) is 0 Å². The van der Waals surface area contributed by atoms with Crippen LogP contribution in [0.25, 0.3) is 0 Å². The van der Waals surface area contributed by atoms with Gasteiger partial charge >= 0.3 is 0 Å². The van der Waals surface area contributed by atoms with Crippen molar-refractivity contribution in [3.05, 3.63) is 46.0 Å². The van der Waals surface area contributed by atoms with E-state index in [0.29, 0.717) is 18.4 Å². The zero-order valence-corrected chi connectivity index (χ0v) is 13.6. The Hall–Kier alpha value is -1.69. The van der Waals surface area contributed by atoms with Gasteiger partial charge in [0.15, 0.2) is 5.82 Å². The summed E-state index contributed by atoms with van der Waals surface area (Å²) in [6.07, 6.45) is 4.05. The number of hydrogen-bond donors (Lipinski definition) is 1. The van der Waals surface area contributed by atoms with Crippen molar-refractivity contribution in [3.8, 4) is 0 Å². The molecule has 2 aliphatic rings. The van der Waals surface area contributed by atoms with Gasteiger partial charge < -0.3 is 9.84 Å². The van der Waals surface area contributed by atoms with Crippen LogP contribution in [-0.4, -0.2) is 16.0 Å². The van der Waals surface area contributed by atoms with Crippen LogP contribution >= 0.6 is 15.9 Å². The summed E-state index contributed by atoms with van der Waals surface area (Å²) in [6.45, 7) is 0.302. The number of hydrogen-bond acceptors (Lipinski definition) is 4. The Morgan fingerprint density at radius 3 is 2.68 bits per heavy atom. The molecule has 2 saturated carbocycles. The van der Waals surface area contributed by atoms with Gasteiger partial charge in [0.1, 0.15) is 0 Å². The molecular weight excluding hydrogens is 346 g/mol. The summed E-state index contributed by atoms with van der Waals surface area (Å²) >= 11 is 3.42. The van der Waals surface area contributed by atoms with Crippen molar-refractivity contribution in [1.29, 1.82) is 0 Å². The van der Waals surface area contributed by atoms with Crippen molar-refractivity contribution in [2.24, 2.45) is 0 Å². The van der Waals surface area contributed by atoms with E-state index in [-0.39, 0.29) is 11.3 Å². The first-order valence-corrected chi connectivity index (χ1v) is 8.33. The SMILES string of the molecule is O=C(NCc1nc(C2CC2)no1)C1(c2ccc(Br)cc2)CC1. The lowest BCUT2D eigenvalue weighted by molar-refractivity contribution is -0.123. The summed E-state index contributed by atoms with van der Waals surface area (Å²) in [7, 11) is 0. The highest BCUT2D eigenvalue weighted by atomic mass is 79.9. The van der Waals surface area contributed by atoms with Gasteiger partial charge in [-0.1, -0.05) is 33.2 Å². The maximum atomic E-state index is 12.5. The third kappa shape index (κ3) is 2.56. The highest BCUT2D eigenvalue weighted by Gasteiger charge is 2.51. The number of rotatable bonds is 5. The van der Waals surface area contributed by atoms with Gasteiger partial charge in [0.25, 0.3) is 0 Å². The third-order valence-corrected chi connectivity index (χ3v) is 4.94. The standard InChI is InChI=1S/C16H16BrN3O2/c17-12-5-3-11(4-6-12)16(7-8-16)15(21)18-9-13-19-14(20-22-13)10-1-2-10/h3-6,10H,1-2,7-9H2,(H,18,21). The molecule has 0 atom stereocenters. The Kier molecular flexibility index (Phi) is 3.29. The molecule has 6 heteroatoms. The van der Waals surface area contributed by atoms with Gasteiger partial charge in [0, 0.05) is 10.4 Å². The number of halogens is 1. The van der Waals surface area contributed by atoms with E-state index in [1.807, 2.05) is 24.3 Å². The van der Waals surface area contributed by atoms with E-state index in [1.165, 1.54) is 0 Å². The molecule has 1 amide bonds. The molecule has 5 nitrogen and oxygen atoms in total. The summed E-state index contributed by atoms with van der Waals surface area (Å²) in [4.78, 5) is 16.9. The molecule has 2 aliphatic carbocycles. The van der Waals surface area contributed by atoms with Crippen LogP contribution in [0.1, 0.15) is 48.9 Å². The highest BCUT2D eigenvalue weighted by Crippen LogP contribution is 2.48. The minimum atomic E-state index is -0.375. The van der Waals surface area contributed by atoms with E-state index in [0.717, 1.165) is 41.5 Å². The smallest absolute Gasteiger partial charge is 0.246 e. The molecule has 2 aromatic rings. The molecule has 0 saturated heterocycles. The average molecular weight is 362 g/mol. The molecule has 4 rings (SSSR count). The van der Waals surface area contributed by atoms with E-state index < -0.39 is 0 Å². The minimum Gasteiger partial charge on any atom is -0.346 e. The molecule has 0 bridgehead atoms. The fourth-order valence-corrected chi connectivity index (χ4v) is 2.98. The highest BCUT2D eigenvalue weighted by molar-refractivity contribution is 9.10. The van der Waals surface area contributed by atoms with Crippen molar-refractivity contribution in [3.63, 3.8) is 0 Å². The Morgan fingerprint density at radius 2 is 2.05 bits per heavy atom. The molecule has 1 N–H and O–H groups in total. The van der Waals surface area contributed by atoms with Crippen LogP contribution in [0.5, 0.6) is 0 Å². The van der Waals surface area contributed by atoms with Crippen LogP contribution in [0.15, 0.2) is 33.3 Å². The molecule has 0 radical (unpaired) electrons. The van der Waals surface area contributed by atoms with Crippen molar-refractivity contribution < 1.29 is 9.32 Å². The predicted octanol–water partition coefficient (Wildman–Crippen LogP) is 3.06. The van der Waals surface area contributed by atoms with E-state index in [1.54, 1.807) is 0 Å². The molecule has 1 aromatic carbocycles. The number of nitrogens with one attached hydrogen (secondary N) is 1. The van der Waals surface area contributed by atoms with Gasteiger partial charge in [-0.2, -0.15) is 4.98 Å². The lowest BCUT2D eigenvalue weighted by Crippen LogP contribution is -2.34. The molecular formula is C16H16BrN3O2. The first kappa shape index (κ1) is 13.9. The van der Waals surface area contributed by atoms with Gasteiger partial charge in [-0.3, -0.25) is 4.79 Å². The lowest BCUT2D eigenvalue weighted by Gasteiger charge is -2.15. The zero-order valence-electron chi connectivity index (χ0n) is 12.0. The number of carbonyl (C=O) groups excluding carboxylic acids is 1. The summed E-state index contributed by atoms with van der Waals surface area (Å²) in [5.74, 6) is 1.77. The number of amides is 1. The topological polar surface area (TPSA) is 68.0 Å². The fourth-order valence-electron chi connectivity index (χ4n) is 2.71. The Balaban J connectivity index is 1.41. The molecule has 2 fully saturated rings. The van der Waals surface area contributed by atoms with Crippen molar-refractivity contribution in [2.75, 3.05) is 0 Å². The maximum Gasteiger partial charge on any atom is 0.246 e. The van der Waals surface area contributed by atoms with Crippen LogP contribution in [0.2, 0.25) is 0 Å². The fraction of sp³-hybridized carbons (Fsp3) is 0.438. The van der Waals surface area contributed by atoms with Crippen LogP contribution < -0.4 is 5.32 Å². The normalized spacial score (nSPS) is 19.0. The predicted molar refractivity (Wildman–Crippen MR) is 83.2 cm³/mol. The monoisotopic (exact) mass is 361 g/mol. The molecule has 0 spiro atoms. The van der Waals surface area contributed by atoms with Gasteiger partial charge in [-0.05, 0) is 43.4 Å². The second kappa shape index (κ2) is 5.19. The molecule has 22 heavy (non-hydrogen) atoms. The van der Waals surface area contributed by atoms with Crippen LogP contribution in [0.3, 0.4) is 0 Å². The first-order chi connectivity index (χ1) is 10.7. The lowest BCUT2D eigenvalue weighted by atomic mass is 9.95. The summed E-state index contributed by atoms with van der Waals surface area (Å²) < 4.78 is 6.21. The van der Waals surface area contributed by atoms with Crippen LogP contribution in [0, 0.1) is 0 Å². The number of nitrogens with zero attached hydrogens (tertiary/aromatic N) is 2. The maximum absolute atomic E-state index is 12.5. The van der Waals surface area contributed by atoms with E-state index in [9.17, 15) is 4.79 Å². The molecule has 1 heterocycles. The van der Waals surface area contributed by atoms with Crippen molar-refractivity contribution in [1.82, 2.24) is 15.5 Å². The van der Waals surface area contributed by atoms with E-state index >= 15 is 0 Å². The minimum absolute atomic E-state index is 0.0426. The number of benzene rings is 1. The van der Waals surface area contributed by atoms with Crippen molar-refractivity contribution in [2.45, 2.75) is 43.6 Å². The second-order valence-electron chi connectivity index (χ2n) is 6.09.